The van der Waals surface area contributed by atoms with Gasteiger partial charge in [0.25, 0.3) is 0 Å². The van der Waals surface area contributed by atoms with Gasteiger partial charge in [-0.15, -0.1) is 0 Å². The number of methoxy groups -OCH3 is 1. The second-order valence-electron chi connectivity index (χ2n) is 4.32. The van der Waals surface area contributed by atoms with Gasteiger partial charge in [0.2, 0.25) is 5.75 Å². The molecular weight excluding hydrogens is 228 g/mol. The zero-order valence-corrected chi connectivity index (χ0v) is 11.8. The van der Waals surface area contributed by atoms with Gasteiger partial charge in [-0.2, -0.15) is 0 Å². The van der Waals surface area contributed by atoms with Crippen molar-refractivity contribution in [2.75, 3.05) is 24.3 Å². The molecule has 0 aliphatic heterocycles. The van der Waals surface area contributed by atoms with E-state index in [9.17, 15) is 0 Å². The summed E-state index contributed by atoms with van der Waals surface area (Å²) in [5.41, 5.74) is 0. The molecule has 0 saturated carbocycles. The second kappa shape index (κ2) is 7.74. The number of hydrogen-bond acceptors (Lipinski definition) is 5. The van der Waals surface area contributed by atoms with E-state index in [0.29, 0.717) is 11.8 Å². The number of aromatic nitrogens is 2. The van der Waals surface area contributed by atoms with E-state index < -0.39 is 0 Å². The van der Waals surface area contributed by atoms with E-state index in [2.05, 4.69) is 34.4 Å². The summed E-state index contributed by atoms with van der Waals surface area (Å²) < 4.78 is 5.38. The Labute approximate surface area is 109 Å². The summed E-state index contributed by atoms with van der Waals surface area (Å²) in [4.78, 5) is 8.44. The van der Waals surface area contributed by atoms with Gasteiger partial charge in [-0.25, -0.2) is 9.97 Å². The Balaban J connectivity index is 2.77. The Morgan fingerprint density at radius 1 is 1.28 bits per heavy atom. The molecule has 0 fully saturated rings. The van der Waals surface area contributed by atoms with Crippen LogP contribution in [0.2, 0.25) is 0 Å². The quantitative estimate of drug-likeness (QED) is 0.745. The minimum Gasteiger partial charge on any atom is -0.490 e. The van der Waals surface area contributed by atoms with Crippen LogP contribution in [0, 0.1) is 0 Å². The summed E-state index contributed by atoms with van der Waals surface area (Å²) in [7, 11) is 1.64. The predicted octanol–water partition coefficient (Wildman–Crippen LogP) is 2.91. The summed E-state index contributed by atoms with van der Waals surface area (Å²) in [6, 6.07) is 0.378. The zero-order valence-electron chi connectivity index (χ0n) is 11.8. The van der Waals surface area contributed by atoms with Crippen LogP contribution < -0.4 is 15.4 Å². The molecular formula is C13H24N4O. The van der Waals surface area contributed by atoms with Crippen molar-refractivity contribution in [2.45, 2.75) is 46.1 Å². The minimum absolute atomic E-state index is 0.378. The maximum atomic E-state index is 5.38. The topological polar surface area (TPSA) is 59.1 Å². The smallest absolute Gasteiger partial charge is 0.204 e. The van der Waals surface area contributed by atoms with Crippen LogP contribution in [0.4, 0.5) is 11.6 Å². The summed E-state index contributed by atoms with van der Waals surface area (Å²) in [5.74, 6) is 2.18. The van der Waals surface area contributed by atoms with Gasteiger partial charge in [0.1, 0.15) is 6.33 Å². The SMILES string of the molecule is CCCCC(C)Nc1ncnc(NCC)c1OC. The van der Waals surface area contributed by atoms with E-state index in [1.165, 1.54) is 12.8 Å². The van der Waals surface area contributed by atoms with Gasteiger partial charge < -0.3 is 15.4 Å². The van der Waals surface area contributed by atoms with Crippen LogP contribution >= 0.6 is 0 Å². The highest BCUT2D eigenvalue weighted by Gasteiger charge is 2.13. The highest BCUT2D eigenvalue weighted by atomic mass is 16.5. The van der Waals surface area contributed by atoms with E-state index in [0.717, 1.165) is 24.6 Å². The largest absolute Gasteiger partial charge is 0.490 e. The maximum Gasteiger partial charge on any atom is 0.204 e. The molecule has 1 heterocycles. The Morgan fingerprint density at radius 3 is 2.61 bits per heavy atom. The van der Waals surface area contributed by atoms with Crippen molar-refractivity contribution in [3.8, 4) is 5.75 Å². The molecule has 0 aromatic carbocycles. The molecule has 0 spiro atoms. The normalized spacial score (nSPS) is 12.0. The average Bonchev–Trinajstić information content (AvgIpc) is 2.37. The minimum atomic E-state index is 0.378. The molecule has 0 bridgehead atoms. The Hall–Kier alpha value is -1.52. The van der Waals surface area contributed by atoms with Crippen LogP contribution in [-0.2, 0) is 0 Å². The Kier molecular flexibility index (Phi) is 6.25. The molecule has 18 heavy (non-hydrogen) atoms. The summed E-state index contributed by atoms with van der Waals surface area (Å²) in [6.07, 6.45) is 5.09. The number of nitrogens with zero attached hydrogens (tertiary/aromatic N) is 2. The molecule has 0 radical (unpaired) electrons. The van der Waals surface area contributed by atoms with Crippen LogP contribution in [0.15, 0.2) is 6.33 Å². The number of rotatable bonds is 8. The first-order chi connectivity index (χ1) is 8.72. The molecule has 1 unspecified atom stereocenters. The first-order valence-electron chi connectivity index (χ1n) is 6.62. The van der Waals surface area contributed by atoms with E-state index >= 15 is 0 Å². The van der Waals surface area contributed by atoms with Crippen LogP contribution in [0.1, 0.15) is 40.0 Å². The molecule has 5 nitrogen and oxygen atoms in total. The average molecular weight is 252 g/mol. The third-order valence-corrected chi connectivity index (χ3v) is 2.73. The van der Waals surface area contributed by atoms with Crippen LogP contribution in [0.5, 0.6) is 5.75 Å². The second-order valence-corrected chi connectivity index (χ2v) is 4.32. The number of unbranched alkanes of at least 4 members (excludes halogenated alkanes) is 1. The van der Waals surface area contributed by atoms with E-state index in [-0.39, 0.29) is 0 Å². The van der Waals surface area contributed by atoms with Gasteiger partial charge in [-0.3, -0.25) is 0 Å². The van der Waals surface area contributed by atoms with Crippen molar-refractivity contribution < 1.29 is 4.74 Å². The lowest BCUT2D eigenvalue weighted by molar-refractivity contribution is 0.414. The monoisotopic (exact) mass is 252 g/mol. The molecule has 0 aliphatic carbocycles. The molecule has 1 aromatic rings. The van der Waals surface area contributed by atoms with E-state index in [4.69, 9.17) is 4.74 Å². The van der Waals surface area contributed by atoms with Crippen molar-refractivity contribution in [3.63, 3.8) is 0 Å². The van der Waals surface area contributed by atoms with Crippen LogP contribution in [-0.4, -0.2) is 29.7 Å². The maximum absolute atomic E-state index is 5.38. The highest BCUT2D eigenvalue weighted by molar-refractivity contribution is 5.63. The molecule has 1 rings (SSSR count). The Morgan fingerprint density at radius 2 is 2.00 bits per heavy atom. The molecule has 2 N–H and O–H groups in total. The zero-order chi connectivity index (χ0) is 13.4. The Bertz CT molecular complexity index is 357. The first kappa shape index (κ1) is 14.5. The van der Waals surface area contributed by atoms with E-state index in [1.807, 2.05) is 6.92 Å². The molecule has 102 valence electrons. The van der Waals surface area contributed by atoms with Crippen LogP contribution in [0.25, 0.3) is 0 Å². The van der Waals surface area contributed by atoms with Crippen molar-refractivity contribution in [3.05, 3.63) is 6.33 Å². The van der Waals surface area contributed by atoms with Crippen molar-refractivity contribution in [2.24, 2.45) is 0 Å². The van der Waals surface area contributed by atoms with Gasteiger partial charge in [-0.05, 0) is 20.3 Å². The number of ether oxygens (including phenoxy) is 1. The lowest BCUT2D eigenvalue weighted by Gasteiger charge is -2.17. The molecule has 5 heteroatoms. The fraction of sp³-hybridized carbons (Fsp3) is 0.692. The molecule has 0 amide bonds. The fourth-order valence-corrected chi connectivity index (χ4v) is 1.78. The van der Waals surface area contributed by atoms with Gasteiger partial charge in [-0.1, -0.05) is 19.8 Å². The van der Waals surface area contributed by atoms with Gasteiger partial charge in [0.05, 0.1) is 7.11 Å². The standard InChI is InChI=1S/C13H24N4O/c1-5-7-8-10(3)17-13-11(18-4)12(14-6-2)15-9-16-13/h9-10H,5-8H2,1-4H3,(H2,14,15,16,17). The van der Waals surface area contributed by atoms with Crippen molar-refractivity contribution >= 4 is 11.6 Å². The summed E-state index contributed by atoms with van der Waals surface area (Å²) >= 11 is 0. The molecule has 0 aliphatic rings. The summed E-state index contributed by atoms with van der Waals surface area (Å²) in [5, 5.41) is 6.55. The van der Waals surface area contributed by atoms with Crippen LogP contribution in [0.3, 0.4) is 0 Å². The number of nitrogens with one attached hydrogen (secondary N) is 2. The van der Waals surface area contributed by atoms with Gasteiger partial charge >= 0.3 is 0 Å². The lowest BCUT2D eigenvalue weighted by Crippen LogP contribution is -2.17. The molecule has 0 saturated heterocycles. The predicted molar refractivity (Wildman–Crippen MR) is 75.4 cm³/mol. The number of hydrogen-bond donors (Lipinski definition) is 2. The van der Waals surface area contributed by atoms with Crippen molar-refractivity contribution in [1.29, 1.82) is 0 Å². The first-order valence-corrected chi connectivity index (χ1v) is 6.62. The van der Waals surface area contributed by atoms with E-state index in [1.54, 1.807) is 13.4 Å². The lowest BCUT2D eigenvalue weighted by atomic mass is 10.1. The third kappa shape index (κ3) is 4.05. The molecule has 1 aromatic heterocycles. The highest BCUT2D eigenvalue weighted by Crippen LogP contribution is 2.29. The molecule has 1 atom stereocenters. The van der Waals surface area contributed by atoms with Gasteiger partial charge in [0.15, 0.2) is 11.6 Å². The summed E-state index contributed by atoms with van der Waals surface area (Å²) in [6.45, 7) is 7.18. The number of anilines is 2. The van der Waals surface area contributed by atoms with Crippen molar-refractivity contribution in [1.82, 2.24) is 9.97 Å². The third-order valence-electron chi connectivity index (χ3n) is 2.73. The fourth-order valence-electron chi connectivity index (χ4n) is 1.78. The van der Waals surface area contributed by atoms with Gasteiger partial charge in [0, 0.05) is 12.6 Å².